The van der Waals surface area contributed by atoms with Crippen LogP contribution in [0.3, 0.4) is 0 Å². The Morgan fingerprint density at radius 2 is 1.76 bits per heavy atom. The lowest BCUT2D eigenvalue weighted by Crippen LogP contribution is -2.31. The molecule has 0 spiro atoms. The zero-order valence-corrected chi connectivity index (χ0v) is 16.2. The second kappa shape index (κ2) is 8.59. The van der Waals surface area contributed by atoms with E-state index in [2.05, 4.69) is 5.10 Å². The molecule has 0 aliphatic heterocycles. The molecule has 6 nitrogen and oxygen atoms in total. The Labute approximate surface area is 173 Å². The quantitative estimate of drug-likeness (QED) is 0.617. The van der Waals surface area contributed by atoms with Crippen LogP contribution in [0.25, 0.3) is 0 Å². The van der Waals surface area contributed by atoms with E-state index < -0.39 is 30.1 Å². The summed E-state index contributed by atoms with van der Waals surface area (Å²) < 4.78 is 28.3. The third-order valence-electron chi connectivity index (χ3n) is 3.90. The molecule has 3 aromatic rings. The number of benzene rings is 2. The molecule has 2 aromatic carbocycles. The van der Waals surface area contributed by atoms with Crippen LogP contribution in [-0.2, 0) is 17.9 Å². The minimum atomic E-state index is -1.12. The largest absolute Gasteiger partial charge is 0.480 e. The van der Waals surface area contributed by atoms with E-state index in [0.29, 0.717) is 16.7 Å². The smallest absolute Gasteiger partial charge is 0.325 e. The van der Waals surface area contributed by atoms with Crippen molar-refractivity contribution in [3.63, 3.8) is 0 Å². The highest BCUT2D eigenvalue weighted by Gasteiger charge is 2.23. The van der Waals surface area contributed by atoms with E-state index in [1.165, 1.54) is 18.3 Å². The molecule has 0 aliphatic rings. The van der Waals surface area contributed by atoms with E-state index in [9.17, 15) is 18.4 Å². The fourth-order valence-electron chi connectivity index (χ4n) is 2.63. The fourth-order valence-corrected chi connectivity index (χ4v) is 3.10. The molecular weight excluding hydrogens is 427 g/mol. The van der Waals surface area contributed by atoms with Crippen molar-refractivity contribution >= 4 is 40.9 Å². The van der Waals surface area contributed by atoms with Crippen molar-refractivity contribution in [2.75, 3.05) is 4.90 Å². The van der Waals surface area contributed by atoms with Crippen LogP contribution in [0.1, 0.15) is 15.9 Å². The third-order valence-corrected chi connectivity index (χ3v) is 4.49. The first kappa shape index (κ1) is 20.8. The Kier molecular flexibility index (Phi) is 6.14. The van der Waals surface area contributed by atoms with Gasteiger partial charge in [-0.1, -0.05) is 29.3 Å². The lowest BCUT2D eigenvalue weighted by atomic mass is 10.1. The second-order valence-corrected chi connectivity index (χ2v) is 6.89. The molecule has 0 radical (unpaired) electrons. The molecule has 10 heteroatoms. The number of aromatic nitrogens is 2. The van der Waals surface area contributed by atoms with E-state index >= 15 is 0 Å². The van der Waals surface area contributed by atoms with Gasteiger partial charge >= 0.3 is 5.97 Å². The Balaban J connectivity index is 2.01. The number of anilines is 1. The van der Waals surface area contributed by atoms with Crippen molar-refractivity contribution in [1.82, 2.24) is 9.78 Å². The van der Waals surface area contributed by atoms with Gasteiger partial charge in [0, 0.05) is 33.9 Å². The first-order chi connectivity index (χ1) is 13.7. The van der Waals surface area contributed by atoms with Crippen molar-refractivity contribution in [1.29, 1.82) is 0 Å². The summed E-state index contributed by atoms with van der Waals surface area (Å²) in [4.78, 5) is 25.1. The molecule has 0 saturated heterocycles. The number of carboxylic acid groups (broad SMARTS) is 1. The molecule has 1 N–H and O–H groups in total. The number of rotatable bonds is 6. The summed E-state index contributed by atoms with van der Waals surface area (Å²) in [6.07, 6.45) is 1.37. The van der Waals surface area contributed by atoms with Gasteiger partial charge in [-0.3, -0.25) is 19.2 Å². The van der Waals surface area contributed by atoms with Crippen LogP contribution < -0.4 is 4.90 Å². The van der Waals surface area contributed by atoms with Crippen molar-refractivity contribution < 1.29 is 23.5 Å². The lowest BCUT2D eigenvalue weighted by Gasteiger charge is -2.21. The van der Waals surface area contributed by atoms with Crippen molar-refractivity contribution in [2.24, 2.45) is 0 Å². The number of carbonyl (C=O) groups excluding carboxylic acids is 1. The van der Waals surface area contributed by atoms with Gasteiger partial charge in [0.1, 0.15) is 18.2 Å². The first-order valence-corrected chi connectivity index (χ1v) is 8.95. The summed E-state index contributed by atoms with van der Waals surface area (Å²) in [7, 11) is 0. The van der Waals surface area contributed by atoms with Gasteiger partial charge in [0.2, 0.25) is 0 Å². The Hall–Kier alpha value is -2.97. The van der Waals surface area contributed by atoms with Crippen LogP contribution in [0.2, 0.25) is 10.0 Å². The molecule has 0 unspecified atom stereocenters. The second-order valence-electron chi connectivity index (χ2n) is 6.05. The van der Waals surface area contributed by atoms with Crippen molar-refractivity contribution in [2.45, 2.75) is 13.1 Å². The van der Waals surface area contributed by atoms with Gasteiger partial charge < -0.3 is 5.11 Å². The maximum atomic E-state index is 13.6. The molecule has 1 aromatic heterocycles. The number of carboxylic acids is 1. The summed E-state index contributed by atoms with van der Waals surface area (Å²) in [5, 5.41) is 13.7. The van der Waals surface area contributed by atoms with E-state index in [4.69, 9.17) is 28.3 Å². The fraction of sp³-hybridized carbons (Fsp3) is 0.105. The minimum Gasteiger partial charge on any atom is -0.480 e. The standard InChI is InChI=1S/C19H13Cl2F2N3O3/c20-13-2-1-11(16(21)7-13)9-26(17-3-4-25(24-17)10-18(27)28)19(29)12-5-14(22)8-15(23)6-12/h1-8H,9-10H2,(H,27,28). The summed E-state index contributed by atoms with van der Waals surface area (Å²) in [5.74, 6) is -3.59. The molecule has 0 aliphatic carbocycles. The lowest BCUT2D eigenvalue weighted by molar-refractivity contribution is -0.137. The molecule has 0 atom stereocenters. The predicted octanol–water partition coefficient (Wildman–Crippen LogP) is 4.40. The Bertz CT molecular complexity index is 1070. The number of halogens is 4. The molecule has 1 heterocycles. The zero-order valence-electron chi connectivity index (χ0n) is 14.7. The topological polar surface area (TPSA) is 75.4 Å². The number of hydrogen-bond donors (Lipinski definition) is 1. The number of nitrogens with zero attached hydrogens (tertiary/aromatic N) is 3. The van der Waals surface area contributed by atoms with E-state index in [-0.39, 0.29) is 22.9 Å². The number of amides is 1. The van der Waals surface area contributed by atoms with Crippen molar-refractivity contribution in [3.8, 4) is 0 Å². The van der Waals surface area contributed by atoms with E-state index in [1.54, 1.807) is 12.1 Å². The molecule has 0 saturated carbocycles. The first-order valence-electron chi connectivity index (χ1n) is 8.20. The molecule has 0 fully saturated rings. The highest BCUT2D eigenvalue weighted by Crippen LogP contribution is 2.25. The van der Waals surface area contributed by atoms with Gasteiger partial charge in [0.05, 0.1) is 6.54 Å². The highest BCUT2D eigenvalue weighted by atomic mass is 35.5. The van der Waals surface area contributed by atoms with Crippen LogP contribution in [0.15, 0.2) is 48.7 Å². The van der Waals surface area contributed by atoms with Gasteiger partial charge in [-0.25, -0.2) is 8.78 Å². The van der Waals surface area contributed by atoms with Crippen LogP contribution >= 0.6 is 23.2 Å². The normalized spacial score (nSPS) is 10.8. The highest BCUT2D eigenvalue weighted by molar-refractivity contribution is 6.35. The van der Waals surface area contributed by atoms with Gasteiger partial charge in [0.15, 0.2) is 5.82 Å². The summed E-state index contributed by atoms with van der Waals surface area (Å²) in [6, 6.07) is 8.54. The summed E-state index contributed by atoms with van der Waals surface area (Å²) in [5.41, 5.74) is 0.273. The van der Waals surface area contributed by atoms with Gasteiger partial charge in [-0.15, -0.1) is 0 Å². The van der Waals surface area contributed by atoms with Gasteiger partial charge in [-0.2, -0.15) is 5.10 Å². The van der Waals surface area contributed by atoms with Crippen LogP contribution in [0.4, 0.5) is 14.6 Å². The van der Waals surface area contributed by atoms with Crippen LogP contribution in [0.5, 0.6) is 0 Å². The molecular formula is C19H13Cl2F2N3O3. The van der Waals surface area contributed by atoms with Crippen LogP contribution in [0, 0.1) is 11.6 Å². The molecule has 1 amide bonds. The molecule has 29 heavy (non-hydrogen) atoms. The van der Waals surface area contributed by atoms with Crippen LogP contribution in [-0.4, -0.2) is 26.8 Å². The summed E-state index contributed by atoms with van der Waals surface area (Å²) >= 11 is 12.1. The van der Waals surface area contributed by atoms with Gasteiger partial charge in [-0.05, 0) is 29.8 Å². The van der Waals surface area contributed by atoms with E-state index in [0.717, 1.165) is 21.7 Å². The predicted molar refractivity (Wildman–Crippen MR) is 103 cm³/mol. The SMILES string of the molecule is O=C(O)Cn1ccc(N(Cc2ccc(Cl)cc2Cl)C(=O)c2cc(F)cc(F)c2)n1. The number of hydrogen-bond acceptors (Lipinski definition) is 3. The zero-order chi connectivity index (χ0) is 21.1. The third kappa shape index (κ3) is 5.10. The maximum Gasteiger partial charge on any atom is 0.325 e. The Morgan fingerprint density at radius 3 is 2.38 bits per heavy atom. The van der Waals surface area contributed by atoms with E-state index in [1.807, 2.05) is 0 Å². The monoisotopic (exact) mass is 439 g/mol. The molecule has 150 valence electrons. The van der Waals surface area contributed by atoms with Gasteiger partial charge in [0.25, 0.3) is 5.91 Å². The average Bonchev–Trinajstić information content (AvgIpc) is 3.07. The molecule has 0 bridgehead atoms. The average molecular weight is 440 g/mol. The minimum absolute atomic E-state index is 0.0863. The summed E-state index contributed by atoms with van der Waals surface area (Å²) in [6.45, 7) is -0.505. The number of carbonyl (C=O) groups is 2. The molecule has 3 rings (SSSR count). The Morgan fingerprint density at radius 1 is 1.07 bits per heavy atom. The number of aliphatic carboxylic acids is 1. The van der Waals surface area contributed by atoms with Crippen molar-refractivity contribution in [3.05, 3.63) is 81.5 Å². The maximum absolute atomic E-state index is 13.6.